The van der Waals surface area contributed by atoms with E-state index in [0.717, 1.165) is 31.4 Å². The van der Waals surface area contributed by atoms with Gasteiger partial charge in [-0.2, -0.15) is 5.10 Å². The Bertz CT molecular complexity index is 780. The van der Waals surface area contributed by atoms with Crippen LogP contribution in [0.15, 0.2) is 41.2 Å². The number of aryl methyl sites for hydroxylation is 1. The number of amides is 1. The Morgan fingerprint density at radius 1 is 1.17 bits per heavy atom. The highest BCUT2D eigenvalue weighted by molar-refractivity contribution is 5.92. The van der Waals surface area contributed by atoms with Crippen molar-refractivity contribution in [3.05, 3.63) is 63.6 Å². The molecule has 0 aliphatic carbocycles. The molecule has 0 saturated carbocycles. The Balaban J connectivity index is 1.84. The molecule has 1 aromatic carbocycles. The first-order valence-corrected chi connectivity index (χ1v) is 8.49. The van der Waals surface area contributed by atoms with E-state index in [9.17, 15) is 9.59 Å². The molecule has 0 bridgehead atoms. The van der Waals surface area contributed by atoms with Crippen molar-refractivity contribution < 1.29 is 4.79 Å². The minimum Gasteiger partial charge on any atom is -0.335 e. The number of hydrogen-bond acceptors (Lipinski definition) is 3. The molecule has 5 heteroatoms. The van der Waals surface area contributed by atoms with Crippen LogP contribution in [0, 0.1) is 6.92 Å². The fraction of sp³-hybridized carbons (Fsp3) is 0.421. The molecular weight excluding hydrogens is 302 g/mol. The molecule has 5 nitrogen and oxygen atoms in total. The Hall–Kier alpha value is -2.43. The Labute approximate surface area is 141 Å². The summed E-state index contributed by atoms with van der Waals surface area (Å²) in [4.78, 5) is 26.7. The predicted octanol–water partition coefficient (Wildman–Crippen LogP) is 2.61. The van der Waals surface area contributed by atoms with Crippen molar-refractivity contribution >= 4 is 5.91 Å². The minimum atomic E-state index is -0.196. The number of benzene rings is 1. The van der Waals surface area contributed by atoms with Gasteiger partial charge in [0.05, 0.1) is 6.54 Å². The molecule has 1 fully saturated rings. The fourth-order valence-electron chi connectivity index (χ4n) is 3.09. The quantitative estimate of drug-likeness (QED) is 0.871. The summed E-state index contributed by atoms with van der Waals surface area (Å²) in [6.45, 7) is 5.22. The Morgan fingerprint density at radius 2 is 1.92 bits per heavy atom. The van der Waals surface area contributed by atoms with E-state index < -0.39 is 0 Å². The first-order valence-electron chi connectivity index (χ1n) is 8.49. The van der Waals surface area contributed by atoms with Crippen LogP contribution in [0.25, 0.3) is 0 Å². The number of rotatable bonds is 3. The number of carbonyl (C=O) groups excluding carboxylic acids is 1. The largest absolute Gasteiger partial charge is 0.335 e. The van der Waals surface area contributed by atoms with Gasteiger partial charge in [-0.3, -0.25) is 9.59 Å². The summed E-state index contributed by atoms with van der Waals surface area (Å²) in [5.41, 5.74) is 2.31. The van der Waals surface area contributed by atoms with Crippen LogP contribution in [0.4, 0.5) is 0 Å². The van der Waals surface area contributed by atoms with Gasteiger partial charge in [-0.25, -0.2) is 4.68 Å². The van der Waals surface area contributed by atoms with E-state index in [2.05, 4.69) is 12.0 Å². The van der Waals surface area contributed by atoms with Crippen LogP contribution < -0.4 is 5.56 Å². The standard InChI is InChI=1S/C19H23N3O2/c1-14-6-8-16(9-7-14)13-22-18(23)11-10-17(20-22)19(24)21-12-4-3-5-15(21)2/h6-11,15H,3-5,12-13H2,1-2H3. The monoisotopic (exact) mass is 325 g/mol. The molecule has 126 valence electrons. The molecule has 2 heterocycles. The van der Waals surface area contributed by atoms with Gasteiger partial charge in [-0.05, 0) is 44.7 Å². The van der Waals surface area contributed by atoms with E-state index in [1.165, 1.54) is 22.4 Å². The summed E-state index contributed by atoms with van der Waals surface area (Å²) >= 11 is 0. The lowest BCUT2D eigenvalue weighted by Crippen LogP contribution is -2.43. The molecule has 1 aliphatic heterocycles. The summed E-state index contributed by atoms with van der Waals surface area (Å²) in [5.74, 6) is -0.0835. The fourth-order valence-corrected chi connectivity index (χ4v) is 3.09. The second-order valence-electron chi connectivity index (χ2n) is 6.54. The minimum absolute atomic E-state index is 0.0835. The van der Waals surface area contributed by atoms with Crippen LogP contribution >= 0.6 is 0 Å². The van der Waals surface area contributed by atoms with Gasteiger partial charge >= 0.3 is 0 Å². The molecule has 1 aliphatic rings. The first-order chi connectivity index (χ1) is 11.5. The van der Waals surface area contributed by atoms with Gasteiger partial charge in [0.2, 0.25) is 0 Å². The van der Waals surface area contributed by atoms with Crippen molar-refractivity contribution in [2.24, 2.45) is 0 Å². The van der Waals surface area contributed by atoms with Crippen molar-refractivity contribution in [3.8, 4) is 0 Å². The van der Waals surface area contributed by atoms with E-state index in [1.54, 1.807) is 0 Å². The maximum absolute atomic E-state index is 12.7. The number of likely N-dealkylation sites (tertiary alicyclic amines) is 1. The summed E-state index contributed by atoms with van der Waals surface area (Å²) in [5, 5.41) is 4.31. The van der Waals surface area contributed by atoms with Crippen LogP contribution in [-0.2, 0) is 6.54 Å². The SMILES string of the molecule is Cc1ccc(Cn2nc(C(=O)N3CCCCC3C)ccc2=O)cc1. The van der Waals surface area contributed by atoms with E-state index >= 15 is 0 Å². The number of nitrogens with zero attached hydrogens (tertiary/aromatic N) is 3. The number of hydrogen-bond donors (Lipinski definition) is 0. The zero-order valence-electron chi connectivity index (χ0n) is 14.2. The molecule has 1 amide bonds. The van der Waals surface area contributed by atoms with Gasteiger partial charge < -0.3 is 4.90 Å². The van der Waals surface area contributed by atoms with Crippen LogP contribution in [0.1, 0.15) is 47.8 Å². The summed E-state index contributed by atoms with van der Waals surface area (Å²) in [6.07, 6.45) is 3.21. The third-order valence-electron chi connectivity index (χ3n) is 4.60. The molecule has 24 heavy (non-hydrogen) atoms. The smallest absolute Gasteiger partial charge is 0.274 e. The van der Waals surface area contributed by atoms with Crippen molar-refractivity contribution in [1.82, 2.24) is 14.7 Å². The van der Waals surface area contributed by atoms with Gasteiger partial charge in [0.15, 0.2) is 0 Å². The first kappa shape index (κ1) is 16.4. The number of piperidine rings is 1. The number of carbonyl (C=O) groups is 1. The highest BCUT2D eigenvalue weighted by Gasteiger charge is 2.25. The third-order valence-corrected chi connectivity index (χ3v) is 4.60. The van der Waals surface area contributed by atoms with Crippen molar-refractivity contribution in [1.29, 1.82) is 0 Å². The maximum atomic E-state index is 12.7. The van der Waals surface area contributed by atoms with Gasteiger partial charge in [0.1, 0.15) is 5.69 Å². The second-order valence-corrected chi connectivity index (χ2v) is 6.54. The maximum Gasteiger partial charge on any atom is 0.274 e. The second kappa shape index (κ2) is 6.99. The van der Waals surface area contributed by atoms with Crippen LogP contribution in [-0.4, -0.2) is 33.2 Å². The molecule has 1 saturated heterocycles. The lowest BCUT2D eigenvalue weighted by Gasteiger charge is -2.33. The summed E-state index contributed by atoms with van der Waals surface area (Å²) < 4.78 is 1.37. The highest BCUT2D eigenvalue weighted by Crippen LogP contribution is 2.18. The average Bonchev–Trinajstić information content (AvgIpc) is 2.59. The highest BCUT2D eigenvalue weighted by atomic mass is 16.2. The number of aromatic nitrogens is 2. The average molecular weight is 325 g/mol. The van der Waals surface area contributed by atoms with Crippen molar-refractivity contribution in [2.45, 2.75) is 45.7 Å². The van der Waals surface area contributed by atoms with E-state index in [4.69, 9.17) is 0 Å². The molecule has 2 aromatic rings. The normalized spacial score (nSPS) is 17.8. The summed E-state index contributed by atoms with van der Waals surface area (Å²) in [6, 6.07) is 11.2. The summed E-state index contributed by atoms with van der Waals surface area (Å²) in [7, 11) is 0. The lowest BCUT2D eigenvalue weighted by atomic mass is 10.0. The third kappa shape index (κ3) is 3.55. The lowest BCUT2D eigenvalue weighted by molar-refractivity contribution is 0.0626. The molecule has 1 aromatic heterocycles. The topological polar surface area (TPSA) is 55.2 Å². The van der Waals surface area contributed by atoms with Gasteiger partial charge in [-0.15, -0.1) is 0 Å². The van der Waals surface area contributed by atoms with Crippen molar-refractivity contribution in [3.63, 3.8) is 0 Å². The molecule has 0 spiro atoms. The van der Waals surface area contributed by atoms with Crippen LogP contribution in [0.3, 0.4) is 0 Å². The Morgan fingerprint density at radius 3 is 2.62 bits per heavy atom. The van der Waals surface area contributed by atoms with Gasteiger partial charge in [-0.1, -0.05) is 29.8 Å². The molecule has 3 rings (SSSR count). The van der Waals surface area contributed by atoms with E-state index in [-0.39, 0.29) is 17.5 Å². The van der Waals surface area contributed by atoms with Crippen LogP contribution in [0.2, 0.25) is 0 Å². The Kier molecular flexibility index (Phi) is 4.79. The van der Waals surface area contributed by atoms with Crippen molar-refractivity contribution in [2.75, 3.05) is 6.54 Å². The van der Waals surface area contributed by atoms with E-state index in [1.807, 2.05) is 36.1 Å². The van der Waals surface area contributed by atoms with Gasteiger partial charge in [0, 0.05) is 18.7 Å². The molecule has 0 radical (unpaired) electrons. The van der Waals surface area contributed by atoms with Gasteiger partial charge in [0.25, 0.3) is 11.5 Å². The van der Waals surface area contributed by atoms with Crippen LogP contribution in [0.5, 0.6) is 0 Å². The molecule has 0 N–H and O–H groups in total. The molecular formula is C19H23N3O2. The van der Waals surface area contributed by atoms with E-state index in [0.29, 0.717) is 12.2 Å². The zero-order valence-corrected chi connectivity index (χ0v) is 14.2. The predicted molar refractivity (Wildman–Crippen MR) is 93.1 cm³/mol. The molecule has 1 unspecified atom stereocenters. The molecule has 1 atom stereocenters. The zero-order chi connectivity index (χ0) is 17.1.